The molecule has 0 aliphatic carbocycles. The van der Waals surface area contributed by atoms with Crippen LogP contribution in [0.2, 0.25) is 0 Å². The molecule has 0 unspecified atom stereocenters. The lowest BCUT2D eigenvalue weighted by atomic mass is 10.3. The molecular weight excluding hydrogens is 314 g/mol. The Kier molecular flexibility index (Phi) is 7.47. The minimum Gasteiger partial charge on any atom is -0.506 e. The van der Waals surface area contributed by atoms with Gasteiger partial charge in [0.05, 0.1) is 33.0 Å². The van der Waals surface area contributed by atoms with Gasteiger partial charge in [0.15, 0.2) is 0 Å². The summed E-state index contributed by atoms with van der Waals surface area (Å²) in [5.41, 5.74) is 0.549. The predicted molar refractivity (Wildman–Crippen MR) is 86.8 cm³/mol. The summed E-state index contributed by atoms with van der Waals surface area (Å²) in [6.45, 7) is 4.79. The molecule has 0 spiro atoms. The number of hydrogen-bond donors (Lipinski definition) is 1. The fourth-order valence-electron chi connectivity index (χ4n) is 1.93. The van der Waals surface area contributed by atoms with Crippen LogP contribution in [0.4, 0.5) is 0 Å². The van der Waals surface area contributed by atoms with Crippen LogP contribution in [0.25, 0.3) is 5.69 Å². The van der Waals surface area contributed by atoms with Gasteiger partial charge in [-0.15, -0.1) is 0 Å². The number of hydrogen-bond acceptors (Lipinski definition) is 7. The first kappa shape index (κ1) is 18.2. The summed E-state index contributed by atoms with van der Waals surface area (Å²) in [6, 6.07) is 5.03. The molecule has 2 aromatic rings. The summed E-state index contributed by atoms with van der Waals surface area (Å²) < 4.78 is 22.6. The molecule has 0 fully saturated rings. The number of aromatic nitrogens is 3. The SMILES string of the molecule is COCCOCCOCCOc1ccc(-n2cnc(C)n2)c(O)c1. The first-order chi connectivity index (χ1) is 11.7. The van der Waals surface area contributed by atoms with Crippen LogP contribution in [0.1, 0.15) is 5.82 Å². The summed E-state index contributed by atoms with van der Waals surface area (Å²) in [7, 11) is 1.63. The minimum atomic E-state index is 0.0739. The van der Waals surface area contributed by atoms with E-state index in [9.17, 15) is 5.11 Å². The number of ether oxygens (including phenoxy) is 4. The van der Waals surface area contributed by atoms with Crippen molar-refractivity contribution in [3.63, 3.8) is 0 Å². The van der Waals surface area contributed by atoms with E-state index in [4.69, 9.17) is 18.9 Å². The van der Waals surface area contributed by atoms with Crippen molar-refractivity contribution in [1.29, 1.82) is 0 Å². The van der Waals surface area contributed by atoms with Crippen molar-refractivity contribution in [2.24, 2.45) is 0 Å². The molecule has 0 saturated carbocycles. The minimum absolute atomic E-state index is 0.0739. The Morgan fingerprint density at radius 1 is 1.04 bits per heavy atom. The third-order valence-electron chi connectivity index (χ3n) is 3.10. The first-order valence-electron chi connectivity index (χ1n) is 7.69. The number of methoxy groups -OCH3 is 1. The van der Waals surface area contributed by atoms with Gasteiger partial charge in [-0.05, 0) is 19.1 Å². The highest BCUT2D eigenvalue weighted by Crippen LogP contribution is 2.26. The molecule has 0 atom stereocenters. The summed E-state index contributed by atoms with van der Waals surface area (Å²) in [5, 5.41) is 14.2. The van der Waals surface area contributed by atoms with Crippen molar-refractivity contribution in [3.05, 3.63) is 30.4 Å². The zero-order valence-electron chi connectivity index (χ0n) is 14.0. The molecule has 0 amide bonds. The van der Waals surface area contributed by atoms with Crippen molar-refractivity contribution in [2.75, 3.05) is 46.8 Å². The quantitative estimate of drug-likeness (QED) is 0.619. The van der Waals surface area contributed by atoms with Gasteiger partial charge < -0.3 is 24.1 Å². The normalized spacial score (nSPS) is 10.9. The molecule has 1 aromatic heterocycles. The molecule has 132 valence electrons. The average Bonchev–Trinajstić information content (AvgIpc) is 2.99. The first-order valence-corrected chi connectivity index (χ1v) is 7.69. The highest BCUT2D eigenvalue weighted by molar-refractivity contribution is 5.49. The largest absolute Gasteiger partial charge is 0.506 e. The zero-order valence-corrected chi connectivity index (χ0v) is 14.0. The molecule has 24 heavy (non-hydrogen) atoms. The molecule has 1 N–H and O–H groups in total. The molecule has 8 heteroatoms. The van der Waals surface area contributed by atoms with Crippen molar-refractivity contribution in [2.45, 2.75) is 6.92 Å². The Morgan fingerprint density at radius 3 is 2.38 bits per heavy atom. The second kappa shape index (κ2) is 9.86. The molecule has 2 rings (SSSR count). The second-order valence-corrected chi connectivity index (χ2v) is 4.95. The van der Waals surface area contributed by atoms with E-state index >= 15 is 0 Å². The van der Waals surface area contributed by atoms with E-state index in [1.54, 1.807) is 38.6 Å². The Bertz CT molecular complexity index is 618. The van der Waals surface area contributed by atoms with E-state index in [0.717, 1.165) is 0 Å². The lowest BCUT2D eigenvalue weighted by Gasteiger charge is -2.10. The monoisotopic (exact) mass is 337 g/mol. The van der Waals surface area contributed by atoms with E-state index in [0.29, 0.717) is 56.9 Å². The van der Waals surface area contributed by atoms with E-state index in [1.165, 1.54) is 4.68 Å². The number of benzene rings is 1. The van der Waals surface area contributed by atoms with Gasteiger partial charge in [-0.1, -0.05) is 0 Å². The molecule has 0 saturated heterocycles. The Morgan fingerprint density at radius 2 is 1.75 bits per heavy atom. The van der Waals surface area contributed by atoms with Gasteiger partial charge in [-0.3, -0.25) is 0 Å². The molecule has 0 aliphatic heterocycles. The van der Waals surface area contributed by atoms with E-state index in [1.807, 2.05) is 0 Å². The van der Waals surface area contributed by atoms with Crippen LogP contribution < -0.4 is 4.74 Å². The standard InChI is InChI=1S/C16H23N3O5/c1-13-17-12-19(18-13)15-4-3-14(11-16(15)20)24-10-9-23-8-7-22-6-5-21-2/h3-4,11-12,20H,5-10H2,1-2H3. The summed E-state index contributed by atoms with van der Waals surface area (Å²) in [6.07, 6.45) is 1.55. The Labute approximate surface area is 140 Å². The van der Waals surface area contributed by atoms with Crippen LogP contribution in [0.15, 0.2) is 24.5 Å². The molecule has 0 aliphatic rings. The number of rotatable bonds is 11. The number of aromatic hydroxyl groups is 1. The number of phenols is 1. The van der Waals surface area contributed by atoms with Gasteiger partial charge >= 0.3 is 0 Å². The van der Waals surface area contributed by atoms with E-state index in [-0.39, 0.29) is 5.75 Å². The van der Waals surface area contributed by atoms with Crippen LogP contribution in [-0.2, 0) is 14.2 Å². The van der Waals surface area contributed by atoms with Crippen LogP contribution in [0, 0.1) is 6.92 Å². The third kappa shape index (κ3) is 5.80. The molecule has 1 heterocycles. The van der Waals surface area contributed by atoms with Gasteiger partial charge in [0, 0.05) is 13.2 Å². The van der Waals surface area contributed by atoms with Crippen LogP contribution >= 0.6 is 0 Å². The maximum atomic E-state index is 10.1. The lowest BCUT2D eigenvalue weighted by molar-refractivity contribution is 0.0179. The third-order valence-corrected chi connectivity index (χ3v) is 3.10. The molecule has 8 nitrogen and oxygen atoms in total. The maximum Gasteiger partial charge on any atom is 0.147 e. The van der Waals surface area contributed by atoms with Gasteiger partial charge in [0.1, 0.15) is 35.9 Å². The van der Waals surface area contributed by atoms with Gasteiger partial charge in [0.2, 0.25) is 0 Å². The molecule has 0 bridgehead atoms. The Hall–Kier alpha value is -2.16. The summed E-state index contributed by atoms with van der Waals surface area (Å²) in [5.74, 6) is 1.27. The van der Waals surface area contributed by atoms with Crippen molar-refractivity contribution in [3.8, 4) is 17.2 Å². The maximum absolute atomic E-state index is 10.1. The predicted octanol–water partition coefficient (Wildman–Crippen LogP) is 1.34. The molecular formula is C16H23N3O5. The highest BCUT2D eigenvalue weighted by atomic mass is 16.6. The number of phenolic OH excluding ortho intramolecular Hbond substituents is 1. The smallest absolute Gasteiger partial charge is 0.147 e. The number of nitrogens with zero attached hydrogens (tertiary/aromatic N) is 3. The summed E-state index contributed by atoms with van der Waals surface area (Å²) >= 11 is 0. The number of aryl methyl sites for hydroxylation is 1. The highest BCUT2D eigenvalue weighted by Gasteiger charge is 2.07. The van der Waals surface area contributed by atoms with Gasteiger partial charge in [-0.25, -0.2) is 9.67 Å². The Balaban J connectivity index is 1.68. The van der Waals surface area contributed by atoms with Crippen LogP contribution in [0.5, 0.6) is 11.5 Å². The second-order valence-electron chi connectivity index (χ2n) is 4.95. The summed E-state index contributed by atoms with van der Waals surface area (Å²) in [4.78, 5) is 4.03. The van der Waals surface area contributed by atoms with Crippen molar-refractivity contribution in [1.82, 2.24) is 14.8 Å². The van der Waals surface area contributed by atoms with Crippen molar-refractivity contribution < 1.29 is 24.1 Å². The fraction of sp³-hybridized carbons (Fsp3) is 0.500. The molecule has 1 aromatic carbocycles. The zero-order chi connectivity index (χ0) is 17.2. The van der Waals surface area contributed by atoms with Gasteiger partial charge in [-0.2, -0.15) is 5.10 Å². The van der Waals surface area contributed by atoms with Gasteiger partial charge in [0.25, 0.3) is 0 Å². The van der Waals surface area contributed by atoms with E-state index in [2.05, 4.69) is 10.1 Å². The fourth-order valence-corrected chi connectivity index (χ4v) is 1.93. The van der Waals surface area contributed by atoms with Crippen LogP contribution in [-0.4, -0.2) is 66.6 Å². The lowest BCUT2D eigenvalue weighted by Crippen LogP contribution is -2.12. The van der Waals surface area contributed by atoms with Crippen LogP contribution in [0.3, 0.4) is 0 Å². The van der Waals surface area contributed by atoms with E-state index < -0.39 is 0 Å². The average molecular weight is 337 g/mol. The van der Waals surface area contributed by atoms with Crippen molar-refractivity contribution >= 4 is 0 Å². The topological polar surface area (TPSA) is 87.9 Å². The molecule has 0 radical (unpaired) electrons.